The summed E-state index contributed by atoms with van der Waals surface area (Å²) < 4.78 is 0. The zero-order valence-electron chi connectivity index (χ0n) is 15.0. The fourth-order valence-corrected chi connectivity index (χ4v) is 4.13. The highest BCUT2D eigenvalue weighted by molar-refractivity contribution is 5.93. The van der Waals surface area contributed by atoms with Crippen molar-refractivity contribution in [2.24, 2.45) is 5.92 Å². The van der Waals surface area contributed by atoms with Gasteiger partial charge in [0.2, 0.25) is 5.95 Å². The van der Waals surface area contributed by atoms with Crippen molar-refractivity contribution < 1.29 is 4.79 Å². The van der Waals surface area contributed by atoms with E-state index < -0.39 is 0 Å². The zero-order valence-corrected chi connectivity index (χ0v) is 15.0. The zero-order chi connectivity index (χ0) is 18.1. The van der Waals surface area contributed by atoms with Crippen LogP contribution in [0.15, 0.2) is 30.5 Å². The molecule has 0 spiro atoms. The molecule has 2 aromatic heterocycles. The lowest BCUT2D eigenvalue weighted by atomic mass is 9.94. The summed E-state index contributed by atoms with van der Waals surface area (Å²) in [6, 6.07) is 7.95. The number of rotatable bonds is 3. The molecule has 5 rings (SSSR count). The molecule has 2 aromatic rings. The van der Waals surface area contributed by atoms with E-state index in [2.05, 4.69) is 25.9 Å². The van der Waals surface area contributed by atoms with Gasteiger partial charge in [0.25, 0.3) is 5.91 Å². The minimum absolute atomic E-state index is 0.0309. The van der Waals surface area contributed by atoms with Gasteiger partial charge in [-0.05, 0) is 43.9 Å². The molecule has 0 radical (unpaired) electrons. The Labute approximate surface area is 153 Å². The van der Waals surface area contributed by atoms with Crippen LogP contribution in [0.4, 0.5) is 5.95 Å². The van der Waals surface area contributed by atoms with E-state index in [1.807, 2.05) is 30.2 Å². The topological polar surface area (TPSA) is 88.2 Å². The largest absolute Gasteiger partial charge is 0.368 e. The van der Waals surface area contributed by atoms with Crippen LogP contribution < -0.4 is 5.73 Å². The third-order valence-electron chi connectivity index (χ3n) is 5.25. The second kappa shape index (κ2) is 6.99. The molecule has 1 amide bonds. The number of nitrogen functional groups attached to an aromatic ring is 1. The standard InChI is InChI=1S/C19H24N6O/c1-13-8-17(23-19(20)22-13)18(26)25-10-14-5-6-16(25)12-24(9-14)11-15-4-2-3-7-21-15/h2-4,7-8,14,16H,5-6,9-12H2,1H3,(H2,20,22,23)/t14-,16+/m1/s1. The fourth-order valence-electron chi connectivity index (χ4n) is 4.13. The monoisotopic (exact) mass is 352 g/mol. The summed E-state index contributed by atoms with van der Waals surface area (Å²) in [4.78, 5) is 30.2. The molecule has 136 valence electrons. The highest BCUT2D eigenvalue weighted by Crippen LogP contribution is 2.29. The smallest absolute Gasteiger partial charge is 0.272 e. The first-order chi connectivity index (χ1) is 12.6. The Morgan fingerprint density at radius 1 is 1.23 bits per heavy atom. The summed E-state index contributed by atoms with van der Waals surface area (Å²) in [5.74, 6) is 0.614. The lowest BCUT2D eigenvalue weighted by Gasteiger charge is -2.36. The second-order valence-electron chi connectivity index (χ2n) is 7.32. The summed E-state index contributed by atoms with van der Waals surface area (Å²) >= 11 is 0. The van der Waals surface area contributed by atoms with Crippen LogP contribution in [0.1, 0.15) is 34.7 Å². The van der Waals surface area contributed by atoms with Crippen LogP contribution in [0.25, 0.3) is 0 Å². The van der Waals surface area contributed by atoms with Gasteiger partial charge >= 0.3 is 0 Å². The van der Waals surface area contributed by atoms with E-state index in [4.69, 9.17) is 5.73 Å². The van der Waals surface area contributed by atoms with E-state index in [0.29, 0.717) is 11.6 Å². The molecule has 7 heteroatoms. The maximum absolute atomic E-state index is 13.1. The minimum atomic E-state index is -0.0309. The number of piperidine rings is 1. The predicted octanol–water partition coefficient (Wildman–Crippen LogP) is 1.50. The van der Waals surface area contributed by atoms with Gasteiger partial charge in [0.05, 0.1) is 5.69 Å². The highest BCUT2D eigenvalue weighted by atomic mass is 16.2. The molecule has 0 saturated carbocycles. The molecule has 3 fully saturated rings. The predicted molar refractivity (Wildman–Crippen MR) is 98.2 cm³/mol. The van der Waals surface area contributed by atoms with E-state index in [0.717, 1.165) is 50.4 Å². The number of nitrogens with zero attached hydrogens (tertiary/aromatic N) is 5. The number of anilines is 1. The van der Waals surface area contributed by atoms with Crippen LogP contribution >= 0.6 is 0 Å². The highest BCUT2D eigenvalue weighted by Gasteiger charge is 2.38. The van der Waals surface area contributed by atoms with Crippen LogP contribution in [0, 0.1) is 12.8 Å². The molecule has 2 N–H and O–H groups in total. The van der Waals surface area contributed by atoms with Crippen molar-refractivity contribution in [3.63, 3.8) is 0 Å². The number of amides is 1. The van der Waals surface area contributed by atoms with Crippen molar-refractivity contribution in [1.82, 2.24) is 24.8 Å². The third-order valence-corrected chi connectivity index (χ3v) is 5.25. The molecule has 0 aliphatic carbocycles. The number of carbonyl (C=O) groups is 1. The van der Waals surface area contributed by atoms with E-state index in [9.17, 15) is 4.79 Å². The van der Waals surface area contributed by atoms with Crippen molar-refractivity contribution in [1.29, 1.82) is 0 Å². The number of aromatic nitrogens is 3. The number of pyridine rings is 1. The average Bonchev–Trinajstić information content (AvgIpc) is 2.91. The molecule has 7 nitrogen and oxygen atoms in total. The maximum Gasteiger partial charge on any atom is 0.272 e. The van der Waals surface area contributed by atoms with E-state index in [1.165, 1.54) is 0 Å². The van der Waals surface area contributed by atoms with E-state index in [-0.39, 0.29) is 17.9 Å². The van der Waals surface area contributed by atoms with Gasteiger partial charge in [0.1, 0.15) is 5.69 Å². The first-order valence-electron chi connectivity index (χ1n) is 9.13. The molecule has 3 saturated heterocycles. The van der Waals surface area contributed by atoms with Crippen molar-refractivity contribution in [3.05, 3.63) is 47.5 Å². The molecular formula is C19H24N6O. The first-order valence-corrected chi connectivity index (χ1v) is 9.13. The number of fused-ring (bicyclic) bond motifs is 4. The lowest BCUT2D eigenvalue weighted by Crippen LogP contribution is -2.47. The minimum Gasteiger partial charge on any atom is -0.368 e. The van der Waals surface area contributed by atoms with Crippen LogP contribution in [0.3, 0.4) is 0 Å². The summed E-state index contributed by atoms with van der Waals surface area (Å²) in [6.45, 7) is 5.32. The molecule has 5 heterocycles. The second-order valence-corrected chi connectivity index (χ2v) is 7.32. The Bertz CT molecular complexity index is 776. The molecule has 26 heavy (non-hydrogen) atoms. The van der Waals surface area contributed by atoms with Crippen LogP contribution in [0.5, 0.6) is 0 Å². The lowest BCUT2D eigenvalue weighted by molar-refractivity contribution is 0.0578. The Balaban J connectivity index is 1.52. The van der Waals surface area contributed by atoms with E-state index >= 15 is 0 Å². The number of nitrogens with two attached hydrogens (primary N) is 1. The number of hydrogen-bond acceptors (Lipinski definition) is 6. The summed E-state index contributed by atoms with van der Waals surface area (Å²) in [5, 5.41) is 0. The molecule has 3 aliphatic heterocycles. The SMILES string of the molecule is Cc1cc(C(=O)N2C[C@@H]3CC[C@H]2CN(Cc2ccccn2)C3)nc(N)n1. The van der Waals surface area contributed by atoms with Crippen molar-refractivity contribution in [2.75, 3.05) is 25.4 Å². The average molecular weight is 352 g/mol. The summed E-state index contributed by atoms with van der Waals surface area (Å²) in [7, 11) is 0. The van der Waals surface area contributed by atoms with Gasteiger partial charge < -0.3 is 10.6 Å². The number of carbonyl (C=O) groups excluding carboxylic acids is 1. The molecule has 3 aliphatic rings. The van der Waals surface area contributed by atoms with Crippen LogP contribution in [-0.4, -0.2) is 56.3 Å². The molecule has 2 atom stereocenters. The molecule has 0 aromatic carbocycles. The fraction of sp³-hybridized carbons (Fsp3) is 0.474. The normalized spacial score (nSPS) is 23.0. The van der Waals surface area contributed by atoms with Gasteiger partial charge in [-0.1, -0.05) is 6.07 Å². The Hall–Kier alpha value is -2.54. The van der Waals surface area contributed by atoms with Gasteiger partial charge in [0, 0.05) is 44.1 Å². The van der Waals surface area contributed by atoms with Crippen molar-refractivity contribution >= 4 is 11.9 Å². The Morgan fingerprint density at radius 3 is 2.88 bits per heavy atom. The van der Waals surface area contributed by atoms with E-state index in [1.54, 1.807) is 6.07 Å². The van der Waals surface area contributed by atoms with Crippen molar-refractivity contribution in [2.45, 2.75) is 32.4 Å². The maximum atomic E-state index is 13.1. The molecule has 2 bridgehead atoms. The number of hydrogen-bond donors (Lipinski definition) is 1. The van der Waals surface area contributed by atoms with Crippen LogP contribution in [-0.2, 0) is 6.54 Å². The van der Waals surface area contributed by atoms with Crippen LogP contribution in [0.2, 0.25) is 0 Å². The van der Waals surface area contributed by atoms with Gasteiger partial charge in [-0.25, -0.2) is 9.97 Å². The molecule has 0 unspecified atom stereocenters. The third kappa shape index (κ3) is 3.53. The quantitative estimate of drug-likeness (QED) is 0.901. The van der Waals surface area contributed by atoms with Gasteiger partial charge in [-0.15, -0.1) is 0 Å². The van der Waals surface area contributed by atoms with Gasteiger partial charge in [-0.2, -0.15) is 0 Å². The summed E-state index contributed by atoms with van der Waals surface area (Å²) in [6.07, 6.45) is 4.03. The van der Waals surface area contributed by atoms with Gasteiger partial charge in [0.15, 0.2) is 0 Å². The molecular weight excluding hydrogens is 328 g/mol. The van der Waals surface area contributed by atoms with Crippen molar-refractivity contribution in [3.8, 4) is 0 Å². The summed E-state index contributed by atoms with van der Waals surface area (Å²) in [5.41, 5.74) is 7.93. The number of aryl methyl sites for hydroxylation is 1. The Kier molecular flexibility index (Phi) is 4.55. The Morgan fingerprint density at radius 2 is 2.12 bits per heavy atom. The van der Waals surface area contributed by atoms with Gasteiger partial charge in [-0.3, -0.25) is 14.7 Å². The first kappa shape index (κ1) is 16.9.